The predicted octanol–water partition coefficient (Wildman–Crippen LogP) is 3.76. The van der Waals surface area contributed by atoms with Crippen LogP contribution in [-0.4, -0.2) is 18.6 Å². The highest BCUT2D eigenvalue weighted by atomic mass is 35.5. The molecule has 0 radical (unpaired) electrons. The number of ether oxygens (including phenoxy) is 1. The van der Waals surface area contributed by atoms with Crippen LogP contribution in [0.4, 0.5) is 5.69 Å². The fraction of sp³-hybridized carbons (Fsp3) is 0.533. The van der Waals surface area contributed by atoms with E-state index in [1.54, 1.807) is 6.07 Å². The van der Waals surface area contributed by atoms with E-state index in [1.165, 1.54) is 12.8 Å². The van der Waals surface area contributed by atoms with Gasteiger partial charge in [-0.25, -0.2) is 0 Å². The van der Waals surface area contributed by atoms with Crippen LogP contribution in [0.1, 0.15) is 38.5 Å². The summed E-state index contributed by atoms with van der Waals surface area (Å²) in [6.07, 6.45) is 6.01. The lowest BCUT2D eigenvalue weighted by Crippen LogP contribution is -2.14. The molecule has 1 amide bonds. The van der Waals surface area contributed by atoms with Gasteiger partial charge in [-0.15, -0.1) is 12.4 Å². The molecule has 0 atom stereocenters. The van der Waals surface area contributed by atoms with E-state index in [4.69, 9.17) is 22.1 Å². The monoisotopic (exact) mass is 332 g/mol. The molecular weight excluding hydrogens is 311 g/mol. The molecule has 0 saturated heterocycles. The van der Waals surface area contributed by atoms with Gasteiger partial charge < -0.3 is 15.8 Å². The lowest BCUT2D eigenvalue weighted by Gasteiger charge is -2.15. The molecule has 21 heavy (non-hydrogen) atoms. The lowest BCUT2D eigenvalue weighted by molar-refractivity contribution is -0.116. The predicted molar refractivity (Wildman–Crippen MR) is 88.5 cm³/mol. The fourth-order valence-corrected chi connectivity index (χ4v) is 2.57. The second kappa shape index (κ2) is 9.13. The minimum Gasteiger partial charge on any atom is -0.489 e. The minimum atomic E-state index is -0.0454. The standard InChI is InChI=1S/C15H21ClN2O2.ClH/c16-13-10-11(18-15(19)6-3-9-17)7-8-14(13)20-12-4-1-2-5-12;/h7-8,10,12H,1-6,9,17H2,(H,18,19);1H. The van der Waals surface area contributed by atoms with Gasteiger partial charge in [-0.2, -0.15) is 0 Å². The van der Waals surface area contributed by atoms with E-state index in [0.29, 0.717) is 35.8 Å². The van der Waals surface area contributed by atoms with Crippen LogP contribution >= 0.6 is 24.0 Å². The van der Waals surface area contributed by atoms with Gasteiger partial charge in [0.2, 0.25) is 5.91 Å². The Kier molecular flexibility index (Phi) is 7.86. The summed E-state index contributed by atoms with van der Waals surface area (Å²) < 4.78 is 5.87. The SMILES string of the molecule is Cl.NCCCC(=O)Nc1ccc(OC2CCCC2)c(Cl)c1. The number of carbonyl (C=O) groups is 1. The van der Waals surface area contributed by atoms with Crippen molar-refractivity contribution in [2.75, 3.05) is 11.9 Å². The van der Waals surface area contributed by atoms with E-state index in [-0.39, 0.29) is 24.4 Å². The summed E-state index contributed by atoms with van der Waals surface area (Å²) in [7, 11) is 0. The Balaban J connectivity index is 0.00000220. The van der Waals surface area contributed by atoms with E-state index >= 15 is 0 Å². The Morgan fingerprint density at radius 3 is 2.71 bits per heavy atom. The van der Waals surface area contributed by atoms with Crippen LogP contribution in [0.2, 0.25) is 5.02 Å². The number of halogens is 2. The van der Waals surface area contributed by atoms with Gasteiger partial charge in [-0.1, -0.05) is 11.6 Å². The summed E-state index contributed by atoms with van der Waals surface area (Å²) in [5, 5.41) is 3.34. The van der Waals surface area contributed by atoms with Crippen LogP contribution in [0.15, 0.2) is 18.2 Å². The van der Waals surface area contributed by atoms with Gasteiger partial charge >= 0.3 is 0 Å². The highest BCUT2D eigenvalue weighted by Crippen LogP contribution is 2.31. The highest BCUT2D eigenvalue weighted by Gasteiger charge is 2.17. The second-order valence-electron chi connectivity index (χ2n) is 5.11. The quantitative estimate of drug-likeness (QED) is 0.833. The number of carbonyl (C=O) groups excluding carboxylic acids is 1. The third-order valence-corrected chi connectivity index (χ3v) is 3.71. The molecule has 0 unspecified atom stereocenters. The number of amides is 1. The molecule has 2 rings (SSSR count). The number of hydrogen-bond acceptors (Lipinski definition) is 3. The van der Waals surface area contributed by atoms with Crippen molar-refractivity contribution in [2.45, 2.75) is 44.6 Å². The molecule has 1 aliphatic rings. The first-order chi connectivity index (χ1) is 9.69. The number of benzene rings is 1. The molecule has 4 nitrogen and oxygen atoms in total. The van der Waals surface area contributed by atoms with Gasteiger partial charge in [0.05, 0.1) is 11.1 Å². The van der Waals surface area contributed by atoms with Gasteiger partial charge in [-0.3, -0.25) is 4.79 Å². The van der Waals surface area contributed by atoms with Crippen LogP contribution < -0.4 is 15.8 Å². The van der Waals surface area contributed by atoms with Crippen molar-refractivity contribution in [3.63, 3.8) is 0 Å². The number of nitrogens with two attached hydrogens (primary N) is 1. The number of nitrogens with one attached hydrogen (secondary N) is 1. The van der Waals surface area contributed by atoms with E-state index in [0.717, 1.165) is 12.8 Å². The summed E-state index contributed by atoms with van der Waals surface area (Å²) in [5.41, 5.74) is 6.06. The number of hydrogen-bond donors (Lipinski definition) is 2. The number of rotatable bonds is 6. The van der Waals surface area contributed by atoms with Crippen LogP contribution in [0.3, 0.4) is 0 Å². The first-order valence-electron chi connectivity index (χ1n) is 7.15. The van der Waals surface area contributed by atoms with Crippen LogP contribution in [0, 0.1) is 0 Å². The molecule has 0 aliphatic heterocycles. The van der Waals surface area contributed by atoms with Crippen molar-refractivity contribution in [3.05, 3.63) is 23.2 Å². The largest absolute Gasteiger partial charge is 0.489 e. The zero-order valence-corrected chi connectivity index (χ0v) is 13.5. The van der Waals surface area contributed by atoms with Crippen molar-refractivity contribution in [3.8, 4) is 5.75 Å². The van der Waals surface area contributed by atoms with Crippen molar-refractivity contribution < 1.29 is 9.53 Å². The third kappa shape index (κ3) is 5.73. The van der Waals surface area contributed by atoms with Crippen molar-refractivity contribution in [2.24, 2.45) is 5.73 Å². The molecule has 1 aromatic carbocycles. The van der Waals surface area contributed by atoms with Crippen LogP contribution in [0.5, 0.6) is 5.75 Å². The maximum absolute atomic E-state index is 11.6. The average molecular weight is 333 g/mol. The molecule has 3 N–H and O–H groups in total. The van der Waals surface area contributed by atoms with Gasteiger partial charge in [-0.05, 0) is 56.8 Å². The van der Waals surface area contributed by atoms with Gasteiger partial charge in [0.15, 0.2) is 0 Å². The summed E-state index contributed by atoms with van der Waals surface area (Å²) >= 11 is 6.20. The molecule has 1 fully saturated rings. The summed E-state index contributed by atoms with van der Waals surface area (Å²) in [6, 6.07) is 5.36. The highest BCUT2D eigenvalue weighted by molar-refractivity contribution is 6.32. The van der Waals surface area contributed by atoms with E-state index < -0.39 is 0 Å². The summed E-state index contributed by atoms with van der Waals surface area (Å²) in [5.74, 6) is 0.648. The molecule has 118 valence electrons. The third-order valence-electron chi connectivity index (χ3n) is 3.42. The molecule has 0 spiro atoms. The maximum atomic E-state index is 11.6. The van der Waals surface area contributed by atoms with Crippen LogP contribution in [-0.2, 0) is 4.79 Å². The molecule has 0 heterocycles. The lowest BCUT2D eigenvalue weighted by atomic mass is 10.2. The summed E-state index contributed by atoms with van der Waals surface area (Å²) in [6.45, 7) is 0.516. The van der Waals surface area contributed by atoms with Gasteiger partial charge in [0.1, 0.15) is 5.75 Å². The molecule has 0 aromatic heterocycles. The Labute approximate surface area is 136 Å². The molecule has 1 aromatic rings. The van der Waals surface area contributed by atoms with Crippen molar-refractivity contribution in [1.29, 1.82) is 0 Å². The molecule has 1 saturated carbocycles. The maximum Gasteiger partial charge on any atom is 0.224 e. The topological polar surface area (TPSA) is 64.4 Å². The zero-order chi connectivity index (χ0) is 14.4. The normalized spacial score (nSPS) is 14.6. The minimum absolute atomic E-state index is 0. The Bertz CT molecular complexity index is 463. The number of anilines is 1. The first kappa shape index (κ1) is 18.1. The average Bonchev–Trinajstić information content (AvgIpc) is 2.92. The summed E-state index contributed by atoms with van der Waals surface area (Å²) in [4.78, 5) is 11.6. The zero-order valence-electron chi connectivity index (χ0n) is 11.9. The van der Waals surface area contributed by atoms with E-state index in [2.05, 4.69) is 5.32 Å². The first-order valence-corrected chi connectivity index (χ1v) is 7.53. The second-order valence-corrected chi connectivity index (χ2v) is 5.52. The molecule has 0 bridgehead atoms. The smallest absolute Gasteiger partial charge is 0.224 e. The molecule has 6 heteroatoms. The van der Waals surface area contributed by atoms with Crippen molar-refractivity contribution >= 4 is 35.6 Å². The van der Waals surface area contributed by atoms with Crippen molar-refractivity contribution in [1.82, 2.24) is 0 Å². The Morgan fingerprint density at radius 2 is 2.10 bits per heavy atom. The van der Waals surface area contributed by atoms with Gasteiger partial charge in [0.25, 0.3) is 0 Å². The fourth-order valence-electron chi connectivity index (χ4n) is 2.35. The van der Waals surface area contributed by atoms with Crippen LogP contribution in [0.25, 0.3) is 0 Å². The van der Waals surface area contributed by atoms with Gasteiger partial charge in [0, 0.05) is 12.1 Å². The Morgan fingerprint density at radius 1 is 1.38 bits per heavy atom. The molecule has 1 aliphatic carbocycles. The van der Waals surface area contributed by atoms with E-state index in [9.17, 15) is 4.79 Å². The molecular formula is C15H22Cl2N2O2. The van der Waals surface area contributed by atoms with E-state index in [1.807, 2.05) is 12.1 Å². The Hall–Kier alpha value is -0.970.